The van der Waals surface area contributed by atoms with Crippen LogP contribution < -0.4 is 11.3 Å². The summed E-state index contributed by atoms with van der Waals surface area (Å²) in [6.45, 7) is 0.307. The third-order valence-electron chi connectivity index (χ3n) is 3.83. The number of nitrogens with one attached hydrogen (secondary N) is 1. The topological polar surface area (TPSA) is 76.2 Å². The minimum atomic E-state index is -0.0810. The van der Waals surface area contributed by atoms with Crippen molar-refractivity contribution in [1.29, 1.82) is 0 Å². The SMILES string of the molecule is NCc1cc(=O)n2[nH]cc(C3CCCCC3)c2n1. The Hall–Kier alpha value is -1.62. The highest BCUT2D eigenvalue weighted by molar-refractivity contribution is 5.48. The maximum Gasteiger partial charge on any atom is 0.272 e. The van der Waals surface area contributed by atoms with Crippen LogP contribution in [-0.2, 0) is 6.54 Å². The summed E-state index contributed by atoms with van der Waals surface area (Å²) in [6.07, 6.45) is 8.17. The Morgan fingerprint density at radius 2 is 2.17 bits per heavy atom. The summed E-state index contributed by atoms with van der Waals surface area (Å²) >= 11 is 0. The van der Waals surface area contributed by atoms with Crippen LogP contribution in [0.2, 0.25) is 0 Å². The van der Waals surface area contributed by atoms with Gasteiger partial charge in [-0.1, -0.05) is 19.3 Å². The molecule has 96 valence electrons. The molecule has 5 heteroatoms. The molecule has 3 N–H and O–H groups in total. The van der Waals surface area contributed by atoms with Crippen LogP contribution in [-0.4, -0.2) is 14.6 Å². The van der Waals surface area contributed by atoms with E-state index in [2.05, 4.69) is 10.1 Å². The first-order valence-corrected chi connectivity index (χ1v) is 6.59. The molecule has 0 unspecified atom stereocenters. The fraction of sp³-hybridized carbons (Fsp3) is 0.538. The van der Waals surface area contributed by atoms with Crippen LogP contribution >= 0.6 is 0 Å². The van der Waals surface area contributed by atoms with Crippen LogP contribution in [0.25, 0.3) is 5.65 Å². The number of hydrogen-bond acceptors (Lipinski definition) is 3. The molecular weight excluding hydrogens is 228 g/mol. The number of rotatable bonds is 2. The number of H-pyrrole nitrogens is 1. The first-order chi connectivity index (χ1) is 8.79. The summed E-state index contributed by atoms with van der Waals surface area (Å²) in [5, 5.41) is 3.01. The Kier molecular flexibility index (Phi) is 2.91. The van der Waals surface area contributed by atoms with Gasteiger partial charge >= 0.3 is 0 Å². The van der Waals surface area contributed by atoms with E-state index in [0.29, 0.717) is 18.2 Å². The average Bonchev–Trinajstić information content (AvgIpc) is 2.84. The summed E-state index contributed by atoms with van der Waals surface area (Å²) in [6, 6.07) is 1.49. The molecule has 2 aromatic rings. The zero-order valence-corrected chi connectivity index (χ0v) is 10.4. The van der Waals surface area contributed by atoms with Gasteiger partial charge in [-0.05, 0) is 18.8 Å². The van der Waals surface area contributed by atoms with E-state index in [-0.39, 0.29) is 5.56 Å². The Morgan fingerprint density at radius 3 is 2.89 bits per heavy atom. The maximum absolute atomic E-state index is 11.9. The second-order valence-corrected chi connectivity index (χ2v) is 5.01. The zero-order valence-electron chi connectivity index (χ0n) is 10.4. The number of fused-ring (bicyclic) bond motifs is 1. The van der Waals surface area contributed by atoms with Crippen LogP contribution in [0, 0.1) is 0 Å². The molecule has 0 aliphatic heterocycles. The van der Waals surface area contributed by atoms with Crippen molar-refractivity contribution in [2.24, 2.45) is 5.73 Å². The lowest BCUT2D eigenvalue weighted by Crippen LogP contribution is -2.17. The lowest BCUT2D eigenvalue weighted by atomic mass is 9.85. The molecule has 0 aromatic carbocycles. The predicted molar refractivity (Wildman–Crippen MR) is 69.5 cm³/mol. The predicted octanol–water partition coefficient (Wildman–Crippen LogP) is 1.53. The van der Waals surface area contributed by atoms with Crippen LogP contribution in [0.15, 0.2) is 17.1 Å². The standard InChI is InChI=1S/C13H18N4O/c14-7-10-6-12(18)17-13(16-10)11(8-15-17)9-4-2-1-3-5-9/h6,8-9,15H,1-5,7,14H2. The largest absolute Gasteiger partial charge is 0.325 e. The average molecular weight is 246 g/mol. The van der Waals surface area contributed by atoms with E-state index in [9.17, 15) is 4.79 Å². The van der Waals surface area contributed by atoms with Gasteiger partial charge in [-0.25, -0.2) is 9.50 Å². The van der Waals surface area contributed by atoms with Crippen LogP contribution in [0.5, 0.6) is 0 Å². The molecular formula is C13H18N4O. The highest BCUT2D eigenvalue weighted by Gasteiger charge is 2.20. The smallest absolute Gasteiger partial charge is 0.272 e. The quantitative estimate of drug-likeness (QED) is 0.843. The summed E-state index contributed by atoms with van der Waals surface area (Å²) < 4.78 is 1.52. The van der Waals surface area contributed by atoms with Gasteiger partial charge in [-0.3, -0.25) is 9.89 Å². The first kappa shape index (κ1) is 11.5. The maximum atomic E-state index is 11.9. The molecule has 0 bridgehead atoms. The van der Waals surface area contributed by atoms with Gasteiger partial charge in [0.1, 0.15) is 0 Å². The van der Waals surface area contributed by atoms with Gasteiger partial charge in [-0.15, -0.1) is 0 Å². The number of hydrogen-bond donors (Lipinski definition) is 2. The normalized spacial score (nSPS) is 17.4. The van der Waals surface area contributed by atoms with E-state index in [1.54, 1.807) is 0 Å². The molecule has 2 aromatic heterocycles. The molecule has 1 aliphatic carbocycles. The van der Waals surface area contributed by atoms with Gasteiger partial charge in [0.15, 0.2) is 5.65 Å². The Balaban J connectivity index is 2.12. The van der Waals surface area contributed by atoms with E-state index >= 15 is 0 Å². The van der Waals surface area contributed by atoms with Crippen LogP contribution in [0.4, 0.5) is 0 Å². The molecule has 0 saturated heterocycles. The number of aromatic nitrogens is 3. The highest BCUT2D eigenvalue weighted by atomic mass is 16.1. The van der Waals surface area contributed by atoms with Crippen LogP contribution in [0.1, 0.15) is 49.3 Å². The number of nitrogens with two attached hydrogens (primary N) is 1. The number of aromatic amines is 1. The van der Waals surface area contributed by atoms with Crippen LogP contribution in [0.3, 0.4) is 0 Å². The van der Waals surface area contributed by atoms with E-state index < -0.39 is 0 Å². The second kappa shape index (κ2) is 4.57. The molecule has 1 aliphatic rings. The third kappa shape index (κ3) is 1.84. The summed E-state index contributed by atoms with van der Waals surface area (Å²) in [4.78, 5) is 16.4. The molecule has 0 radical (unpaired) electrons. The van der Waals surface area contributed by atoms with Crippen molar-refractivity contribution in [3.05, 3.63) is 33.9 Å². The third-order valence-corrected chi connectivity index (χ3v) is 3.83. The van der Waals surface area contributed by atoms with Crippen molar-refractivity contribution in [2.45, 2.75) is 44.6 Å². The Labute approximate surface area is 105 Å². The Bertz CT molecular complexity index is 607. The van der Waals surface area contributed by atoms with Gasteiger partial charge in [0.25, 0.3) is 5.56 Å². The molecule has 3 rings (SSSR count). The van der Waals surface area contributed by atoms with E-state index in [0.717, 1.165) is 5.65 Å². The first-order valence-electron chi connectivity index (χ1n) is 6.59. The second-order valence-electron chi connectivity index (χ2n) is 5.01. The summed E-state index contributed by atoms with van der Waals surface area (Å²) in [7, 11) is 0. The van der Waals surface area contributed by atoms with Crippen molar-refractivity contribution in [3.63, 3.8) is 0 Å². The van der Waals surface area contributed by atoms with E-state index in [1.165, 1.54) is 48.2 Å². The molecule has 18 heavy (non-hydrogen) atoms. The molecule has 0 amide bonds. The molecule has 5 nitrogen and oxygen atoms in total. The fourth-order valence-corrected chi connectivity index (χ4v) is 2.87. The van der Waals surface area contributed by atoms with Crippen molar-refractivity contribution < 1.29 is 0 Å². The highest BCUT2D eigenvalue weighted by Crippen LogP contribution is 2.33. The van der Waals surface area contributed by atoms with Gasteiger partial charge in [-0.2, -0.15) is 0 Å². The van der Waals surface area contributed by atoms with E-state index in [4.69, 9.17) is 5.73 Å². The molecule has 1 fully saturated rings. The molecule has 0 atom stereocenters. The minimum absolute atomic E-state index is 0.0810. The number of nitrogens with zero attached hydrogens (tertiary/aromatic N) is 2. The van der Waals surface area contributed by atoms with Crippen molar-refractivity contribution in [2.75, 3.05) is 0 Å². The fourth-order valence-electron chi connectivity index (χ4n) is 2.87. The monoisotopic (exact) mass is 246 g/mol. The minimum Gasteiger partial charge on any atom is -0.325 e. The van der Waals surface area contributed by atoms with Gasteiger partial charge in [0.2, 0.25) is 0 Å². The van der Waals surface area contributed by atoms with Crippen molar-refractivity contribution in [3.8, 4) is 0 Å². The summed E-state index contributed by atoms with van der Waals surface area (Å²) in [5.74, 6) is 0.528. The van der Waals surface area contributed by atoms with Crippen molar-refractivity contribution in [1.82, 2.24) is 14.6 Å². The molecule has 2 heterocycles. The molecule has 1 saturated carbocycles. The van der Waals surface area contributed by atoms with Gasteiger partial charge in [0.05, 0.1) is 5.69 Å². The zero-order chi connectivity index (χ0) is 12.5. The van der Waals surface area contributed by atoms with E-state index in [1.807, 2.05) is 6.20 Å². The summed E-state index contributed by atoms with van der Waals surface area (Å²) in [5.41, 5.74) is 8.10. The lowest BCUT2D eigenvalue weighted by Gasteiger charge is -2.20. The lowest BCUT2D eigenvalue weighted by molar-refractivity contribution is 0.445. The van der Waals surface area contributed by atoms with Gasteiger partial charge in [0, 0.05) is 24.4 Å². The Morgan fingerprint density at radius 1 is 1.39 bits per heavy atom. The van der Waals surface area contributed by atoms with Crippen molar-refractivity contribution >= 4 is 5.65 Å². The molecule has 0 spiro atoms. The van der Waals surface area contributed by atoms with Gasteiger partial charge < -0.3 is 5.73 Å².